The summed E-state index contributed by atoms with van der Waals surface area (Å²) in [5.74, 6) is 0.466. The van der Waals surface area contributed by atoms with Gasteiger partial charge in [0.1, 0.15) is 5.75 Å². The third kappa shape index (κ3) is 4.86. The number of nitrogens with zero attached hydrogens (tertiary/aromatic N) is 1. The van der Waals surface area contributed by atoms with Crippen LogP contribution in [0, 0.1) is 12.7 Å². The summed E-state index contributed by atoms with van der Waals surface area (Å²) in [6, 6.07) is 9.84. The summed E-state index contributed by atoms with van der Waals surface area (Å²) in [4.78, 5) is 13.8. The highest BCUT2D eigenvalue weighted by molar-refractivity contribution is 5.89. The van der Waals surface area contributed by atoms with Crippen LogP contribution in [0.5, 0.6) is 11.5 Å². The molecule has 0 saturated carbocycles. The molecule has 2 aromatic rings. The smallest absolute Gasteiger partial charge is 0.321 e. The zero-order chi connectivity index (χ0) is 18.4. The van der Waals surface area contributed by atoms with Crippen LogP contribution in [0.3, 0.4) is 0 Å². The van der Waals surface area contributed by atoms with Crippen molar-refractivity contribution in [1.29, 1.82) is 0 Å². The van der Waals surface area contributed by atoms with E-state index >= 15 is 0 Å². The molecule has 0 heterocycles. The highest BCUT2D eigenvalue weighted by Gasteiger charge is 2.12. The van der Waals surface area contributed by atoms with Gasteiger partial charge in [-0.25, -0.2) is 9.18 Å². The second-order valence-corrected chi connectivity index (χ2v) is 5.67. The number of hydrogen-bond acceptors (Lipinski definition) is 3. The molecule has 2 amide bonds. The number of ether oxygens (including phenoxy) is 2. The monoisotopic (exact) mass is 346 g/mol. The summed E-state index contributed by atoms with van der Waals surface area (Å²) in [5.41, 5.74) is 2.32. The van der Waals surface area contributed by atoms with Crippen LogP contribution < -0.4 is 14.8 Å². The zero-order valence-electron chi connectivity index (χ0n) is 14.9. The van der Waals surface area contributed by atoms with Crippen LogP contribution in [0.1, 0.15) is 18.1 Å². The Kier molecular flexibility index (Phi) is 6.22. The summed E-state index contributed by atoms with van der Waals surface area (Å²) in [6.45, 7) is 4.69. The standard InChI is InChI=1S/C19H23FN2O3/c1-5-25-18-11-15(8-6-13(18)2)21-19(23)22(3)12-14-7-9-17(24-4)16(20)10-14/h6-11H,5,12H2,1-4H3,(H,21,23). The van der Waals surface area contributed by atoms with Crippen LogP contribution >= 0.6 is 0 Å². The van der Waals surface area contributed by atoms with Gasteiger partial charge in [-0.05, 0) is 43.2 Å². The van der Waals surface area contributed by atoms with Crippen LogP contribution in [-0.2, 0) is 6.54 Å². The first-order chi connectivity index (χ1) is 11.9. The molecule has 0 fully saturated rings. The Bertz CT molecular complexity index is 749. The fourth-order valence-electron chi connectivity index (χ4n) is 2.36. The number of aryl methyl sites for hydroxylation is 1. The van der Waals surface area contributed by atoms with E-state index in [1.165, 1.54) is 18.1 Å². The molecule has 0 aromatic heterocycles. The number of hydrogen-bond donors (Lipinski definition) is 1. The maximum atomic E-state index is 13.7. The quantitative estimate of drug-likeness (QED) is 0.853. The molecule has 0 bridgehead atoms. The van der Waals surface area contributed by atoms with Crippen molar-refractivity contribution in [3.8, 4) is 11.5 Å². The highest BCUT2D eigenvalue weighted by Crippen LogP contribution is 2.23. The largest absolute Gasteiger partial charge is 0.494 e. The number of methoxy groups -OCH3 is 1. The van der Waals surface area contributed by atoms with Crippen molar-refractivity contribution in [2.75, 3.05) is 26.1 Å². The second-order valence-electron chi connectivity index (χ2n) is 5.67. The predicted molar refractivity (Wildman–Crippen MR) is 95.8 cm³/mol. The first-order valence-electron chi connectivity index (χ1n) is 8.02. The molecule has 134 valence electrons. The lowest BCUT2D eigenvalue weighted by Gasteiger charge is -2.19. The van der Waals surface area contributed by atoms with Gasteiger partial charge >= 0.3 is 6.03 Å². The van der Waals surface area contributed by atoms with E-state index in [0.717, 1.165) is 11.3 Å². The molecule has 5 nitrogen and oxygen atoms in total. The Morgan fingerprint density at radius 1 is 1.20 bits per heavy atom. The topological polar surface area (TPSA) is 50.8 Å². The molecule has 0 aliphatic carbocycles. The van der Waals surface area contributed by atoms with Crippen LogP contribution in [-0.4, -0.2) is 31.7 Å². The molecule has 0 aliphatic heterocycles. The van der Waals surface area contributed by atoms with Crippen LogP contribution in [0.2, 0.25) is 0 Å². The van der Waals surface area contributed by atoms with Gasteiger partial charge in [-0.15, -0.1) is 0 Å². The van der Waals surface area contributed by atoms with Gasteiger partial charge in [0, 0.05) is 25.3 Å². The average molecular weight is 346 g/mol. The lowest BCUT2D eigenvalue weighted by molar-refractivity contribution is 0.220. The second kappa shape index (κ2) is 8.37. The lowest BCUT2D eigenvalue weighted by atomic mass is 10.2. The van der Waals surface area contributed by atoms with Gasteiger partial charge in [0.2, 0.25) is 0 Å². The van der Waals surface area contributed by atoms with Crippen molar-refractivity contribution >= 4 is 11.7 Å². The molecule has 0 radical (unpaired) electrons. The summed E-state index contributed by atoms with van der Waals surface area (Å²) >= 11 is 0. The maximum absolute atomic E-state index is 13.7. The van der Waals surface area contributed by atoms with Crippen LogP contribution in [0.15, 0.2) is 36.4 Å². The number of anilines is 1. The van der Waals surface area contributed by atoms with Crippen molar-refractivity contribution in [2.45, 2.75) is 20.4 Å². The molecule has 1 N–H and O–H groups in total. The van der Waals surface area contributed by atoms with Gasteiger partial charge in [-0.2, -0.15) is 0 Å². The highest BCUT2D eigenvalue weighted by atomic mass is 19.1. The summed E-state index contributed by atoms with van der Waals surface area (Å²) in [7, 11) is 3.06. The molecule has 2 rings (SSSR count). The maximum Gasteiger partial charge on any atom is 0.321 e. The van der Waals surface area contributed by atoms with Gasteiger partial charge in [0.15, 0.2) is 11.6 Å². The molecule has 2 aromatic carbocycles. The molecule has 0 saturated heterocycles. The number of rotatable bonds is 6. The van der Waals surface area contributed by atoms with Crippen LogP contribution in [0.25, 0.3) is 0 Å². The number of urea groups is 1. The molecular formula is C19H23FN2O3. The van der Waals surface area contributed by atoms with Crippen molar-refractivity contribution in [3.63, 3.8) is 0 Å². The van der Waals surface area contributed by atoms with E-state index in [0.29, 0.717) is 17.9 Å². The van der Waals surface area contributed by atoms with Gasteiger partial charge in [-0.1, -0.05) is 12.1 Å². The Hall–Kier alpha value is -2.76. The normalized spacial score (nSPS) is 10.3. The first-order valence-corrected chi connectivity index (χ1v) is 8.02. The van der Waals surface area contributed by atoms with E-state index in [4.69, 9.17) is 9.47 Å². The summed E-state index contributed by atoms with van der Waals surface area (Å²) in [5, 5.41) is 2.81. The average Bonchev–Trinajstić information content (AvgIpc) is 2.58. The molecule has 25 heavy (non-hydrogen) atoms. The molecule has 0 unspecified atom stereocenters. The minimum Gasteiger partial charge on any atom is -0.494 e. The van der Waals surface area contributed by atoms with E-state index in [2.05, 4.69) is 5.32 Å². The number of carbonyl (C=O) groups excluding carboxylic acids is 1. The number of nitrogens with one attached hydrogen (secondary N) is 1. The Labute approximate surface area is 147 Å². The van der Waals surface area contributed by atoms with Crippen molar-refractivity contribution in [2.24, 2.45) is 0 Å². The molecular weight excluding hydrogens is 323 g/mol. The lowest BCUT2D eigenvalue weighted by Crippen LogP contribution is -2.30. The third-order valence-electron chi connectivity index (χ3n) is 3.72. The fourth-order valence-corrected chi connectivity index (χ4v) is 2.36. The molecule has 0 spiro atoms. The molecule has 0 atom stereocenters. The minimum absolute atomic E-state index is 0.180. The Balaban J connectivity index is 2.03. The van der Waals surface area contributed by atoms with Crippen molar-refractivity contribution in [3.05, 3.63) is 53.3 Å². The van der Waals surface area contributed by atoms with Crippen molar-refractivity contribution in [1.82, 2.24) is 4.90 Å². The Morgan fingerprint density at radius 2 is 1.96 bits per heavy atom. The molecule has 6 heteroatoms. The van der Waals surface area contributed by atoms with Crippen LogP contribution in [0.4, 0.5) is 14.9 Å². The van der Waals surface area contributed by atoms with Gasteiger partial charge in [0.05, 0.1) is 13.7 Å². The number of halogens is 1. The van der Waals surface area contributed by atoms with E-state index in [-0.39, 0.29) is 18.3 Å². The van der Waals surface area contributed by atoms with Gasteiger partial charge in [-0.3, -0.25) is 0 Å². The zero-order valence-corrected chi connectivity index (χ0v) is 14.9. The van der Waals surface area contributed by atoms with E-state index in [9.17, 15) is 9.18 Å². The molecule has 0 aliphatic rings. The van der Waals surface area contributed by atoms with Gasteiger partial charge in [0.25, 0.3) is 0 Å². The number of carbonyl (C=O) groups is 1. The first kappa shape index (κ1) is 18.6. The van der Waals surface area contributed by atoms with Crippen molar-refractivity contribution < 1.29 is 18.7 Å². The Morgan fingerprint density at radius 3 is 2.60 bits per heavy atom. The number of benzene rings is 2. The summed E-state index contributed by atoms with van der Waals surface area (Å²) < 4.78 is 24.2. The number of amides is 2. The van der Waals surface area contributed by atoms with E-state index in [1.807, 2.05) is 26.0 Å². The summed E-state index contributed by atoms with van der Waals surface area (Å²) in [6.07, 6.45) is 0. The fraction of sp³-hybridized carbons (Fsp3) is 0.316. The third-order valence-corrected chi connectivity index (χ3v) is 3.72. The predicted octanol–water partition coefficient (Wildman–Crippen LogP) is 4.21. The minimum atomic E-state index is -0.450. The van der Waals surface area contributed by atoms with E-state index < -0.39 is 5.82 Å². The SMILES string of the molecule is CCOc1cc(NC(=O)N(C)Cc2ccc(OC)c(F)c2)ccc1C. The van der Waals surface area contributed by atoms with Gasteiger partial charge < -0.3 is 19.7 Å². The van der Waals surface area contributed by atoms with E-state index in [1.54, 1.807) is 25.2 Å².